The molecule has 0 aliphatic heterocycles. The van der Waals surface area contributed by atoms with E-state index in [0.717, 1.165) is 83.3 Å². The third-order valence-corrected chi connectivity index (χ3v) is 9.19. The maximum Gasteiger partial charge on any atom is 0.200 e. The molecule has 0 amide bonds. The van der Waals surface area contributed by atoms with Gasteiger partial charge in [0.25, 0.3) is 0 Å². The predicted octanol–water partition coefficient (Wildman–Crippen LogP) is 9.95. The fourth-order valence-corrected chi connectivity index (χ4v) is 6.18. The fourth-order valence-electron chi connectivity index (χ4n) is 6.18. The number of methoxy groups -OCH3 is 1. The van der Waals surface area contributed by atoms with Gasteiger partial charge < -0.3 is 34.4 Å². The number of nitrogens with one attached hydrogen (secondary N) is 2. The molecule has 0 radical (unpaired) electrons. The molecule has 8 heteroatoms. The van der Waals surface area contributed by atoms with Crippen molar-refractivity contribution in [3.63, 3.8) is 0 Å². The normalized spacial score (nSPS) is 11.4. The summed E-state index contributed by atoms with van der Waals surface area (Å²) >= 11 is 0. The third-order valence-electron chi connectivity index (χ3n) is 9.19. The monoisotopic (exact) mass is 694 g/mol. The van der Waals surface area contributed by atoms with Crippen LogP contribution in [0.4, 0.5) is 0 Å². The number of hydrogen-bond donors (Lipinski definition) is 3. The molecule has 3 N–H and O–H groups in total. The highest BCUT2D eigenvalue weighted by molar-refractivity contribution is 5.88. The first kappa shape index (κ1) is 41.2. The number of aromatic hydroxyl groups is 1. The average molecular weight is 695 g/mol. The first-order chi connectivity index (χ1) is 24.5. The Hall–Kier alpha value is -3.23. The summed E-state index contributed by atoms with van der Waals surface area (Å²) in [4.78, 5) is 14.0. The SMILES string of the molecule is CCCCCCNCCCCOc1ccc(-c2oc3cc(OC)cc(O)c3c(=O)c2CCCCCC)c(OCCCCNCCCCCC)c1. The number of benzene rings is 2. The summed E-state index contributed by atoms with van der Waals surface area (Å²) in [5.74, 6) is 2.13. The number of rotatable bonds is 29. The van der Waals surface area contributed by atoms with Gasteiger partial charge in [0.2, 0.25) is 0 Å². The lowest BCUT2D eigenvalue weighted by atomic mass is 9.98. The first-order valence-corrected chi connectivity index (χ1v) is 19.7. The van der Waals surface area contributed by atoms with Gasteiger partial charge in [0.1, 0.15) is 39.7 Å². The van der Waals surface area contributed by atoms with Crippen LogP contribution in [0.15, 0.2) is 39.5 Å². The van der Waals surface area contributed by atoms with E-state index >= 15 is 0 Å². The molecule has 0 aliphatic carbocycles. The van der Waals surface area contributed by atoms with Gasteiger partial charge in [-0.1, -0.05) is 78.6 Å². The Bertz CT molecular complexity index is 1420. The second kappa shape index (κ2) is 24.8. The van der Waals surface area contributed by atoms with Crippen LogP contribution in [-0.4, -0.2) is 51.6 Å². The molecule has 50 heavy (non-hydrogen) atoms. The van der Waals surface area contributed by atoms with Gasteiger partial charge in [0.05, 0.1) is 25.9 Å². The molecule has 1 aromatic heterocycles. The highest BCUT2D eigenvalue weighted by atomic mass is 16.5. The van der Waals surface area contributed by atoms with E-state index in [1.807, 2.05) is 18.2 Å². The van der Waals surface area contributed by atoms with Crippen LogP contribution < -0.4 is 30.3 Å². The molecule has 280 valence electrons. The Morgan fingerprint density at radius 3 is 1.84 bits per heavy atom. The molecule has 3 aromatic rings. The smallest absolute Gasteiger partial charge is 0.200 e. The zero-order chi connectivity index (χ0) is 35.8. The maximum atomic E-state index is 14.0. The molecule has 1 heterocycles. The van der Waals surface area contributed by atoms with Crippen LogP contribution >= 0.6 is 0 Å². The molecular weight excluding hydrogens is 628 g/mol. The van der Waals surface area contributed by atoms with E-state index in [9.17, 15) is 9.90 Å². The molecule has 2 aromatic carbocycles. The summed E-state index contributed by atoms with van der Waals surface area (Å²) in [6, 6.07) is 8.94. The second-order valence-electron chi connectivity index (χ2n) is 13.5. The van der Waals surface area contributed by atoms with E-state index in [1.165, 1.54) is 64.5 Å². The number of fused-ring (bicyclic) bond motifs is 1. The second-order valence-corrected chi connectivity index (χ2v) is 13.5. The Labute approximate surface area is 301 Å². The largest absolute Gasteiger partial charge is 0.507 e. The van der Waals surface area contributed by atoms with E-state index < -0.39 is 0 Å². The topological polar surface area (TPSA) is 102 Å². The molecule has 0 bridgehead atoms. The van der Waals surface area contributed by atoms with Crippen molar-refractivity contribution < 1.29 is 23.7 Å². The Balaban J connectivity index is 1.80. The Morgan fingerprint density at radius 1 is 0.660 bits per heavy atom. The quantitative estimate of drug-likeness (QED) is 0.0618. The molecule has 8 nitrogen and oxygen atoms in total. The summed E-state index contributed by atoms with van der Waals surface area (Å²) in [5, 5.41) is 18.1. The van der Waals surface area contributed by atoms with E-state index in [4.69, 9.17) is 18.6 Å². The van der Waals surface area contributed by atoms with Crippen LogP contribution in [0.2, 0.25) is 0 Å². The number of hydrogen-bond acceptors (Lipinski definition) is 8. The van der Waals surface area contributed by atoms with E-state index in [1.54, 1.807) is 6.07 Å². The molecule has 3 rings (SSSR count). The van der Waals surface area contributed by atoms with Crippen molar-refractivity contribution in [3.05, 3.63) is 46.1 Å². The van der Waals surface area contributed by atoms with Gasteiger partial charge in [-0.2, -0.15) is 0 Å². The minimum atomic E-state index is -0.215. The average Bonchev–Trinajstić information content (AvgIpc) is 3.12. The zero-order valence-corrected chi connectivity index (χ0v) is 31.6. The number of ether oxygens (including phenoxy) is 3. The molecule has 0 fully saturated rings. The van der Waals surface area contributed by atoms with Crippen molar-refractivity contribution in [2.24, 2.45) is 0 Å². The lowest BCUT2D eigenvalue weighted by Crippen LogP contribution is -2.17. The van der Waals surface area contributed by atoms with Crippen LogP contribution in [0.25, 0.3) is 22.3 Å². The van der Waals surface area contributed by atoms with Crippen LogP contribution in [0, 0.1) is 0 Å². The fraction of sp³-hybridized carbons (Fsp3) is 0.643. The van der Waals surface area contributed by atoms with Crippen LogP contribution in [0.3, 0.4) is 0 Å². The van der Waals surface area contributed by atoms with Gasteiger partial charge in [-0.25, -0.2) is 0 Å². The molecule has 0 unspecified atom stereocenters. The first-order valence-electron chi connectivity index (χ1n) is 19.7. The zero-order valence-electron chi connectivity index (χ0n) is 31.6. The summed E-state index contributed by atoms with van der Waals surface area (Å²) in [5.41, 5.74) is 1.34. The molecule has 0 atom stereocenters. The summed E-state index contributed by atoms with van der Waals surface area (Å²) in [7, 11) is 1.53. The third kappa shape index (κ3) is 14.2. The lowest BCUT2D eigenvalue weighted by molar-refractivity contribution is 0.291. The number of phenolic OH excluding ortho intramolecular Hbond substituents is 1. The van der Waals surface area contributed by atoms with Crippen molar-refractivity contribution in [2.45, 2.75) is 130 Å². The van der Waals surface area contributed by atoms with Crippen molar-refractivity contribution in [2.75, 3.05) is 46.5 Å². The maximum absolute atomic E-state index is 14.0. The summed E-state index contributed by atoms with van der Waals surface area (Å²) < 4.78 is 24.5. The van der Waals surface area contributed by atoms with Gasteiger partial charge in [0, 0.05) is 23.8 Å². The minimum absolute atomic E-state index is 0.139. The van der Waals surface area contributed by atoms with Crippen LogP contribution in [-0.2, 0) is 6.42 Å². The predicted molar refractivity (Wildman–Crippen MR) is 207 cm³/mol. The number of phenols is 1. The van der Waals surface area contributed by atoms with Crippen molar-refractivity contribution >= 4 is 11.0 Å². The lowest BCUT2D eigenvalue weighted by Gasteiger charge is -2.17. The van der Waals surface area contributed by atoms with Crippen LogP contribution in [0.5, 0.6) is 23.0 Å². The van der Waals surface area contributed by atoms with Gasteiger partial charge in [-0.15, -0.1) is 0 Å². The molecular formula is C42H66N2O6. The van der Waals surface area contributed by atoms with Crippen molar-refractivity contribution in [1.29, 1.82) is 0 Å². The summed E-state index contributed by atoms with van der Waals surface area (Å²) in [6.45, 7) is 11.9. The minimum Gasteiger partial charge on any atom is -0.507 e. The highest BCUT2D eigenvalue weighted by Crippen LogP contribution is 2.39. The Morgan fingerprint density at radius 2 is 1.24 bits per heavy atom. The molecule has 0 spiro atoms. The van der Waals surface area contributed by atoms with Crippen molar-refractivity contribution in [3.8, 4) is 34.3 Å². The highest BCUT2D eigenvalue weighted by Gasteiger charge is 2.22. The van der Waals surface area contributed by atoms with Crippen LogP contribution in [0.1, 0.15) is 129 Å². The summed E-state index contributed by atoms with van der Waals surface area (Å²) in [6.07, 6.45) is 18.7. The molecule has 0 aliphatic rings. The standard InChI is InChI=1S/C42H66N2O6/c1-5-8-11-14-21-36-41(46)40-37(45)30-34(47-4)32-39(40)50-42(36)35-23-22-33(48-28-19-17-26-43-24-15-12-9-6-2)31-38(35)49-29-20-18-27-44-25-16-13-10-7-3/h22-23,30-32,43-45H,5-21,24-29H2,1-4H3. The van der Waals surface area contributed by atoms with Gasteiger partial charge in [-0.3, -0.25) is 4.79 Å². The molecule has 0 saturated heterocycles. The van der Waals surface area contributed by atoms with E-state index in [-0.39, 0.29) is 22.1 Å². The van der Waals surface area contributed by atoms with Crippen molar-refractivity contribution in [1.82, 2.24) is 10.6 Å². The number of unbranched alkanes of at least 4 members (excludes halogenated alkanes) is 11. The Kier molecular flexibility index (Phi) is 20.5. The van der Waals surface area contributed by atoms with E-state index in [2.05, 4.69) is 31.4 Å². The van der Waals surface area contributed by atoms with E-state index in [0.29, 0.717) is 48.0 Å². The molecule has 0 saturated carbocycles. The van der Waals surface area contributed by atoms with Gasteiger partial charge >= 0.3 is 0 Å². The van der Waals surface area contributed by atoms with Gasteiger partial charge in [0.15, 0.2) is 5.43 Å². The van der Waals surface area contributed by atoms with Gasteiger partial charge in [-0.05, 0) is 89.7 Å².